The SMILES string of the molecule is CCCCCCC\C=C/C=C\C=C/CCCCCCCC(=O)OCC(COC(=O)CCCCCCCCCCCC)OC(=O)CCCCCCCCCCCCCCCCCCCC. The summed E-state index contributed by atoms with van der Waals surface area (Å²) in [7, 11) is 0. The second-order valence-corrected chi connectivity index (χ2v) is 18.9. The summed E-state index contributed by atoms with van der Waals surface area (Å²) < 4.78 is 16.8. The highest BCUT2D eigenvalue weighted by molar-refractivity contribution is 5.71. The van der Waals surface area contributed by atoms with Gasteiger partial charge in [0, 0.05) is 19.3 Å². The van der Waals surface area contributed by atoms with Crippen molar-refractivity contribution in [3.63, 3.8) is 0 Å². The zero-order valence-corrected chi connectivity index (χ0v) is 42.8. The van der Waals surface area contributed by atoms with Crippen LogP contribution >= 0.6 is 0 Å². The molecule has 6 nitrogen and oxygen atoms in total. The molecule has 0 radical (unpaired) electrons. The molecule has 374 valence electrons. The van der Waals surface area contributed by atoms with Crippen LogP contribution in [0.15, 0.2) is 36.5 Å². The summed E-state index contributed by atoms with van der Waals surface area (Å²) in [5, 5.41) is 0. The van der Waals surface area contributed by atoms with E-state index in [2.05, 4.69) is 57.2 Å². The minimum atomic E-state index is -0.775. The molecule has 0 saturated heterocycles. The smallest absolute Gasteiger partial charge is 0.306 e. The maximum atomic E-state index is 12.8. The fourth-order valence-corrected chi connectivity index (χ4v) is 8.21. The van der Waals surface area contributed by atoms with E-state index < -0.39 is 6.10 Å². The van der Waals surface area contributed by atoms with E-state index in [0.29, 0.717) is 19.3 Å². The van der Waals surface area contributed by atoms with Gasteiger partial charge in [0.05, 0.1) is 0 Å². The Bertz CT molecular complexity index is 1080. The van der Waals surface area contributed by atoms with Crippen molar-refractivity contribution < 1.29 is 28.6 Å². The molecule has 6 heteroatoms. The maximum absolute atomic E-state index is 12.8. The molecule has 0 aromatic carbocycles. The molecular formula is C58H106O6. The van der Waals surface area contributed by atoms with Gasteiger partial charge in [-0.05, 0) is 44.9 Å². The van der Waals surface area contributed by atoms with Crippen LogP contribution in [0, 0.1) is 0 Å². The van der Waals surface area contributed by atoms with E-state index in [1.165, 1.54) is 180 Å². The van der Waals surface area contributed by atoms with E-state index in [1.54, 1.807) is 0 Å². The van der Waals surface area contributed by atoms with Gasteiger partial charge in [-0.25, -0.2) is 0 Å². The van der Waals surface area contributed by atoms with E-state index in [4.69, 9.17) is 14.2 Å². The number of hydrogen-bond donors (Lipinski definition) is 0. The van der Waals surface area contributed by atoms with Crippen LogP contribution in [-0.2, 0) is 28.6 Å². The third-order valence-corrected chi connectivity index (χ3v) is 12.5. The summed E-state index contributed by atoms with van der Waals surface area (Å²) in [6, 6.07) is 0. The Kier molecular flexibility index (Phi) is 51.3. The normalized spacial score (nSPS) is 12.2. The van der Waals surface area contributed by atoms with Crippen LogP contribution in [0.3, 0.4) is 0 Å². The van der Waals surface area contributed by atoms with Crippen molar-refractivity contribution in [2.24, 2.45) is 0 Å². The lowest BCUT2D eigenvalue weighted by atomic mass is 10.0. The van der Waals surface area contributed by atoms with Gasteiger partial charge in [-0.1, -0.05) is 269 Å². The number of carbonyl (C=O) groups is 3. The van der Waals surface area contributed by atoms with Crippen molar-refractivity contribution in [1.29, 1.82) is 0 Å². The van der Waals surface area contributed by atoms with E-state index in [9.17, 15) is 14.4 Å². The number of allylic oxidation sites excluding steroid dienone is 6. The van der Waals surface area contributed by atoms with Gasteiger partial charge >= 0.3 is 17.9 Å². The third kappa shape index (κ3) is 50.6. The molecule has 0 spiro atoms. The first-order valence-corrected chi connectivity index (χ1v) is 28.0. The Labute approximate surface area is 397 Å². The number of ether oxygens (including phenoxy) is 3. The topological polar surface area (TPSA) is 78.9 Å². The summed E-state index contributed by atoms with van der Waals surface area (Å²) in [4.78, 5) is 38.0. The Morgan fingerprint density at radius 2 is 0.562 bits per heavy atom. The molecule has 0 saturated carbocycles. The van der Waals surface area contributed by atoms with Gasteiger partial charge in [0.2, 0.25) is 0 Å². The van der Waals surface area contributed by atoms with E-state index >= 15 is 0 Å². The van der Waals surface area contributed by atoms with E-state index in [1.807, 2.05) is 0 Å². The number of carbonyl (C=O) groups excluding carboxylic acids is 3. The predicted molar refractivity (Wildman–Crippen MR) is 275 cm³/mol. The highest BCUT2D eigenvalue weighted by Gasteiger charge is 2.19. The monoisotopic (exact) mass is 899 g/mol. The Hall–Kier alpha value is -2.37. The van der Waals surface area contributed by atoms with Crippen LogP contribution in [0.25, 0.3) is 0 Å². The molecule has 0 aliphatic heterocycles. The standard InChI is InChI=1S/C58H106O6/c1-4-7-10-13-16-19-22-24-26-28-30-32-34-36-39-42-45-48-51-57(60)63-54-55(53-62-56(59)50-47-44-41-38-21-18-15-12-9-6-3)64-58(61)52-49-46-43-40-37-35-33-31-29-27-25-23-20-17-14-11-8-5-2/h22,24,26,28,30,32,55H,4-21,23,25,27,29,31,33-54H2,1-3H3/b24-22-,28-26-,32-30-. The zero-order valence-electron chi connectivity index (χ0n) is 42.8. The van der Waals surface area contributed by atoms with Gasteiger partial charge in [-0.2, -0.15) is 0 Å². The minimum Gasteiger partial charge on any atom is -0.462 e. The molecule has 0 aromatic rings. The molecule has 0 N–H and O–H groups in total. The highest BCUT2D eigenvalue weighted by atomic mass is 16.6. The van der Waals surface area contributed by atoms with Crippen molar-refractivity contribution in [3.8, 4) is 0 Å². The van der Waals surface area contributed by atoms with Crippen molar-refractivity contribution in [1.82, 2.24) is 0 Å². The molecule has 64 heavy (non-hydrogen) atoms. The van der Waals surface area contributed by atoms with Crippen LogP contribution in [-0.4, -0.2) is 37.2 Å². The predicted octanol–water partition coefficient (Wildman–Crippen LogP) is 18.5. The second-order valence-electron chi connectivity index (χ2n) is 18.9. The van der Waals surface area contributed by atoms with Crippen molar-refractivity contribution >= 4 is 17.9 Å². The zero-order chi connectivity index (χ0) is 46.5. The van der Waals surface area contributed by atoms with Crippen molar-refractivity contribution in [3.05, 3.63) is 36.5 Å². The number of esters is 3. The van der Waals surface area contributed by atoms with Gasteiger partial charge in [0.15, 0.2) is 6.10 Å². The molecule has 1 unspecified atom stereocenters. The quantitative estimate of drug-likeness (QED) is 0.0262. The molecule has 0 heterocycles. The first-order chi connectivity index (χ1) is 31.5. The Morgan fingerprint density at radius 1 is 0.312 bits per heavy atom. The number of hydrogen-bond acceptors (Lipinski definition) is 6. The molecule has 0 rings (SSSR count). The first-order valence-electron chi connectivity index (χ1n) is 28.0. The van der Waals surface area contributed by atoms with Crippen molar-refractivity contribution in [2.45, 2.75) is 303 Å². The van der Waals surface area contributed by atoms with Crippen LogP contribution in [0.4, 0.5) is 0 Å². The van der Waals surface area contributed by atoms with Crippen LogP contribution < -0.4 is 0 Å². The first kappa shape index (κ1) is 61.6. The van der Waals surface area contributed by atoms with E-state index in [0.717, 1.165) is 77.0 Å². The second kappa shape index (κ2) is 53.2. The average Bonchev–Trinajstić information content (AvgIpc) is 3.29. The summed E-state index contributed by atoms with van der Waals surface area (Å²) in [6.45, 7) is 6.63. The van der Waals surface area contributed by atoms with Gasteiger partial charge in [-0.3, -0.25) is 14.4 Å². The summed E-state index contributed by atoms with van der Waals surface area (Å²) in [5.74, 6) is -0.880. The number of unbranched alkanes of at least 4 members (excludes halogenated alkanes) is 36. The molecule has 0 bridgehead atoms. The van der Waals surface area contributed by atoms with Gasteiger partial charge in [0.25, 0.3) is 0 Å². The van der Waals surface area contributed by atoms with Crippen LogP contribution in [0.5, 0.6) is 0 Å². The molecule has 0 amide bonds. The lowest BCUT2D eigenvalue weighted by Crippen LogP contribution is -2.30. The van der Waals surface area contributed by atoms with Gasteiger partial charge < -0.3 is 14.2 Å². The van der Waals surface area contributed by atoms with Gasteiger partial charge in [-0.15, -0.1) is 0 Å². The van der Waals surface area contributed by atoms with Gasteiger partial charge in [0.1, 0.15) is 13.2 Å². The molecule has 0 aliphatic rings. The molecule has 1 atom stereocenters. The summed E-state index contributed by atoms with van der Waals surface area (Å²) >= 11 is 0. The maximum Gasteiger partial charge on any atom is 0.306 e. The summed E-state index contributed by atoms with van der Waals surface area (Å²) in [5.41, 5.74) is 0. The fourth-order valence-electron chi connectivity index (χ4n) is 8.21. The van der Waals surface area contributed by atoms with E-state index in [-0.39, 0.29) is 31.1 Å². The van der Waals surface area contributed by atoms with Crippen LogP contribution in [0.1, 0.15) is 297 Å². The molecular weight excluding hydrogens is 793 g/mol. The minimum absolute atomic E-state index is 0.0745. The fraction of sp³-hybridized carbons (Fsp3) is 0.845. The lowest BCUT2D eigenvalue weighted by molar-refractivity contribution is -0.167. The van der Waals surface area contributed by atoms with Crippen LogP contribution in [0.2, 0.25) is 0 Å². The molecule has 0 aliphatic carbocycles. The Balaban J connectivity index is 4.32. The van der Waals surface area contributed by atoms with Crippen molar-refractivity contribution in [2.75, 3.05) is 13.2 Å². The third-order valence-electron chi connectivity index (χ3n) is 12.5. The molecule has 0 aromatic heterocycles. The summed E-state index contributed by atoms with van der Waals surface area (Å²) in [6.07, 6.45) is 62.7. The highest BCUT2D eigenvalue weighted by Crippen LogP contribution is 2.16. The average molecular weight is 899 g/mol. The lowest BCUT2D eigenvalue weighted by Gasteiger charge is -2.18. The molecule has 0 fully saturated rings. The number of rotatable bonds is 51. The largest absolute Gasteiger partial charge is 0.462 e. The Morgan fingerprint density at radius 3 is 0.859 bits per heavy atom.